The number of nitrogens with two attached hydrogens (primary N) is 2. The Labute approximate surface area is 187 Å². The highest BCUT2D eigenvalue weighted by molar-refractivity contribution is 7.66. The van der Waals surface area contributed by atoms with Crippen molar-refractivity contribution in [1.29, 1.82) is 0 Å². The number of nitrogen functional groups attached to an aromatic ring is 2. The Morgan fingerprint density at radius 3 is 2.39 bits per heavy atom. The molecule has 8 N–H and O–H groups in total. The Balaban J connectivity index is 1.65. The zero-order valence-corrected chi connectivity index (χ0v) is 20.2. The van der Waals surface area contributed by atoms with E-state index in [1.54, 1.807) is 10.9 Å². The van der Waals surface area contributed by atoms with Crippen molar-refractivity contribution in [1.82, 2.24) is 19.5 Å². The molecule has 0 spiro atoms. The first-order chi connectivity index (χ1) is 15.1. The molecule has 0 aliphatic heterocycles. The van der Waals surface area contributed by atoms with Crippen molar-refractivity contribution in [2.75, 3.05) is 18.1 Å². The van der Waals surface area contributed by atoms with Gasteiger partial charge in [-0.2, -0.15) is 18.6 Å². The normalized spacial score (nSPS) is 27.5. The smallest absolute Gasteiger partial charge is 0.382 e. The highest BCUT2D eigenvalue weighted by Crippen LogP contribution is 2.66. The number of imidazole rings is 1. The monoisotopic (exact) mass is 530 g/mol. The molecule has 0 aromatic carbocycles. The zero-order chi connectivity index (χ0) is 24.8. The second-order valence-electron chi connectivity index (χ2n) is 7.92. The van der Waals surface area contributed by atoms with Crippen molar-refractivity contribution in [3.05, 3.63) is 6.33 Å². The standard InChI is InChI=1S/C14H25N6O10P3/c1-7-3-9(5-28-32(24,25)30-33(26,27)29-31(21,22)23)8(2)10(7)4-20-6-17-11-12(15)18-14(16)19-13(11)20/h6-10H,3-5H2,1-2H3,(H,24,25)(H,26,27)(H2,21,22,23)(H4,15,16,18,19)/t7-,8+,9-,10-/m0/s1. The molecule has 2 aromatic heterocycles. The van der Waals surface area contributed by atoms with Gasteiger partial charge in [0.25, 0.3) is 0 Å². The van der Waals surface area contributed by atoms with E-state index in [1.165, 1.54) is 0 Å². The lowest BCUT2D eigenvalue weighted by molar-refractivity contribution is 0.138. The van der Waals surface area contributed by atoms with Gasteiger partial charge in [0.2, 0.25) is 5.95 Å². The number of aromatic nitrogens is 4. The molecule has 16 nitrogen and oxygen atoms in total. The number of hydrogen-bond acceptors (Lipinski definition) is 11. The third-order valence-electron chi connectivity index (χ3n) is 5.61. The van der Waals surface area contributed by atoms with Gasteiger partial charge in [-0.15, -0.1) is 0 Å². The predicted octanol–water partition coefficient (Wildman–Crippen LogP) is 1.24. The second-order valence-corrected chi connectivity index (χ2v) is 12.3. The number of nitrogens with zero attached hydrogens (tertiary/aromatic N) is 4. The van der Waals surface area contributed by atoms with Crippen molar-refractivity contribution in [3.63, 3.8) is 0 Å². The lowest BCUT2D eigenvalue weighted by Gasteiger charge is -2.23. The molecule has 3 rings (SSSR count). The van der Waals surface area contributed by atoms with E-state index in [4.69, 9.17) is 25.8 Å². The minimum absolute atomic E-state index is 0.0168. The van der Waals surface area contributed by atoms with Crippen LogP contribution >= 0.6 is 23.5 Å². The summed E-state index contributed by atoms with van der Waals surface area (Å²) in [6.07, 6.45) is 2.18. The van der Waals surface area contributed by atoms with Crippen LogP contribution in [0.1, 0.15) is 20.3 Å². The Morgan fingerprint density at radius 1 is 1.09 bits per heavy atom. The van der Waals surface area contributed by atoms with E-state index in [0.29, 0.717) is 24.1 Å². The minimum atomic E-state index is -5.55. The fourth-order valence-electron chi connectivity index (χ4n) is 4.14. The molecule has 2 unspecified atom stereocenters. The summed E-state index contributed by atoms with van der Waals surface area (Å²) in [7, 11) is -16.2. The molecule has 2 heterocycles. The SMILES string of the molecule is C[C@@H]1[C@H](COP(=O)(O)OP(=O)(O)OP(=O)(O)O)C[C@H](C)[C@@H]1Cn1cnc2c(N)nc(N)nc21. The molecule has 0 saturated heterocycles. The molecule has 1 saturated carbocycles. The Bertz CT molecular complexity index is 1170. The average molecular weight is 530 g/mol. The molecule has 0 radical (unpaired) electrons. The van der Waals surface area contributed by atoms with Gasteiger partial charge in [-0.1, -0.05) is 13.8 Å². The number of phosphoric acid groups is 3. The highest BCUT2D eigenvalue weighted by Gasteiger charge is 2.43. The van der Waals surface area contributed by atoms with E-state index in [-0.39, 0.29) is 42.0 Å². The van der Waals surface area contributed by atoms with Crippen LogP contribution < -0.4 is 11.5 Å². The molecule has 33 heavy (non-hydrogen) atoms. The first-order valence-electron chi connectivity index (χ1n) is 9.59. The largest absolute Gasteiger partial charge is 0.490 e. The van der Waals surface area contributed by atoms with Gasteiger partial charge >= 0.3 is 23.5 Å². The number of fused-ring (bicyclic) bond motifs is 1. The van der Waals surface area contributed by atoms with Crippen LogP contribution in [0.2, 0.25) is 0 Å². The fraction of sp³-hybridized carbons (Fsp3) is 0.643. The number of rotatable bonds is 9. The van der Waals surface area contributed by atoms with Crippen molar-refractivity contribution in [3.8, 4) is 0 Å². The van der Waals surface area contributed by atoms with Gasteiger partial charge in [-0.3, -0.25) is 4.52 Å². The average Bonchev–Trinajstić information content (AvgIpc) is 3.13. The van der Waals surface area contributed by atoms with E-state index in [9.17, 15) is 23.5 Å². The van der Waals surface area contributed by atoms with Crippen molar-refractivity contribution >= 4 is 46.4 Å². The first-order valence-corrected chi connectivity index (χ1v) is 14.1. The van der Waals surface area contributed by atoms with Gasteiger partial charge in [-0.05, 0) is 30.1 Å². The number of hydrogen-bond donors (Lipinski definition) is 6. The minimum Gasteiger partial charge on any atom is -0.382 e. The summed E-state index contributed by atoms with van der Waals surface area (Å²) in [5.41, 5.74) is 12.4. The van der Waals surface area contributed by atoms with E-state index >= 15 is 0 Å². The molecule has 0 bridgehead atoms. The molecule has 19 heteroatoms. The molecule has 6 atom stereocenters. The third-order valence-corrected chi connectivity index (χ3v) is 9.41. The predicted molar refractivity (Wildman–Crippen MR) is 114 cm³/mol. The Hall–Kier alpha value is -1.44. The summed E-state index contributed by atoms with van der Waals surface area (Å²) in [5, 5.41) is 0. The fourth-order valence-corrected chi connectivity index (χ4v) is 7.21. The van der Waals surface area contributed by atoms with Gasteiger partial charge in [0.1, 0.15) is 5.52 Å². The van der Waals surface area contributed by atoms with Crippen molar-refractivity contribution in [2.24, 2.45) is 23.7 Å². The maximum Gasteiger partial charge on any atom is 0.490 e. The summed E-state index contributed by atoms with van der Waals surface area (Å²) in [5.74, 6) is 0.161. The van der Waals surface area contributed by atoms with E-state index in [2.05, 4.69) is 23.6 Å². The zero-order valence-electron chi connectivity index (χ0n) is 17.5. The van der Waals surface area contributed by atoms with E-state index < -0.39 is 23.5 Å². The first kappa shape index (κ1) is 26.2. The van der Waals surface area contributed by atoms with Crippen molar-refractivity contribution in [2.45, 2.75) is 26.8 Å². The Kier molecular flexibility index (Phi) is 7.38. The van der Waals surface area contributed by atoms with Gasteiger partial charge in [0.15, 0.2) is 11.5 Å². The molecular weight excluding hydrogens is 505 g/mol. The maximum atomic E-state index is 12.0. The molecule has 1 aliphatic carbocycles. The van der Waals surface area contributed by atoms with Crippen molar-refractivity contribution < 1.29 is 46.4 Å². The lowest BCUT2D eigenvalue weighted by Crippen LogP contribution is -2.21. The van der Waals surface area contributed by atoms with Crippen LogP contribution in [-0.2, 0) is 33.4 Å². The summed E-state index contributed by atoms with van der Waals surface area (Å²) in [6.45, 7) is 4.12. The van der Waals surface area contributed by atoms with Gasteiger partial charge in [0, 0.05) is 6.54 Å². The molecule has 1 aliphatic rings. The molecular formula is C14H25N6O10P3. The topological polar surface area (TPSA) is 255 Å². The second kappa shape index (κ2) is 9.31. The van der Waals surface area contributed by atoms with Crippen LogP contribution in [0.25, 0.3) is 11.2 Å². The highest BCUT2D eigenvalue weighted by atomic mass is 31.3. The number of phosphoric ester groups is 1. The summed E-state index contributed by atoms with van der Waals surface area (Å²) in [6, 6.07) is 0. The number of anilines is 2. The van der Waals surface area contributed by atoms with Crippen LogP contribution in [0, 0.1) is 23.7 Å². The molecule has 186 valence electrons. The van der Waals surface area contributed by atoms with Gasteiger partial charge in [0.05, 0.1) is 12.9 Å². The van der Waals surface area contributed by atoms with Crippen LogP contribution in [0.15, 0.2) is 6.33 Å². The van der Waals surface area contributed by atoms with Crippen LogP contribution in [0.5, 0.6) is 0 Å². The molecule has 1 fully saturated rings. The van der Waals surface area contributed by atoms with E-state index in [1.807, 2.05) is 13.8 Å². The summed E-state index contributed by atoms with van der Waals surface area (Å²) < 4.78 is 48.3. The molecule has 2 aromatic rings. The molecule has 0 amide bonds. The summed E-state index contributed by atoms with van der Waals surface area (Å²) >= 11 is 0. The quantitative estimate of drug-likeness (QED) is 0.249. The van der Waals surface area contributed by atoms with Crippen LogP contribution in [-0.4, -0.2) is 45.7 Å². The summed E-state index contributed by atoms with van der Waals surface area (Å²) in [4.78, 5) is 48.4. The maximum absolute atomic E-state index is 12.0. The third kappa shape index (κ3) is 6.58. The van der Waals surface area contributed by atoms with Gasteiger partial charge < -0.3 is 35.6 Å². The van der Waals surface area contributed by atoms with Crippen LogP contribution in [0.4, 0.5) is 11.8 Å². The van der Waals surface area contributed by atoms with Gasteiger partial charge in [-0.25, -0.2) is 18.7 Å². The van der Waals surface area contributed by atoms with Crippen LogP contribution in [0.3, 0.4) is 0 Å². The Morgan fingerprint density at radius 2 is 1.76 bits per heavy atom. The van der Waals surface area contributed by atoms with E-state index in [0.717, 1.165) is 0 Å². The lowest BCUT2D eigenvalue weighted by atomic mass is 9.89.